The Hall–Kier alpha value is -2.59. The lowest BCUT2D eigenvalue weighted by molar-refractivity contribution is -0.131. The molecule has 2 aromatic rings. The molecule has 1 aromatic heterocycles. The molecule has 0 saturated carbocycles. The first-order valence-corrected chi connectivity index (χ1v) is 12.5. The van der Waals surface area contributed by atoms with Gasteiger partial charge in [-0.1, -0.05) is 0 Å². The number of pyridine rings is 1. The summed E-state index contributed by atoms with van der Waals surface area (Å²) >= 11 is -0.183. The highest BCUT2D eigenvalue weighted by Gasteiger charge is 2.50. The summed E-state index contributed by atoms with van der Waals surface area (Å²) in [6.45, 7) is 6.69. The van der Waals surface area contributed by atoms with Crippen molar-refractivity contribution in [1.82, 2.24) is 9.88 Å². The molecule has 2 fully saturated rings. The lowest BCUT2D eigenvalue weighted by Gasteiger charge is -2.34. The van der Waals surface area contributed by atoms with Crippen molar-refractivity contribution in [3.63, 3.8) is 0 Å². The molecule has 188 valence electrons. The maximum Gasteiger partial charge on any atom is 0.446 e. The average molecular weight is 507 g/mol. The highest BCUT2D eigenvalue weighted by atomic mass is 32.2. The summed E-state index contributed by atoms with van der Waals surface area (Å²) in [6, 6.07) is 9.18. The third-order valence-electron chi connectivity index (χ3n) is 6.77. The van der Waals surface area contributed by atoms with Gasteiger partial charge in [0.2, 0.25) is 5.78 Å². The van der Waals surface area contributed by atoms with Crippen molar-refractivity contribution in [2.45, 2.75) is 61.6 Å². The van der Waals surface area contributed by atoms with Crippen LogP contribution in [0.3, 0.4) is 0 Å². The molecule has 6 nitrogen and oxygen atoms in total. The van der Waals surface area contributed by atoms with Crippen molar-refractivity contribution in [2.75, 3.05) is 29.6 Å². The summed E-state index contributed by atoms with van der Waals surface area (Å²) in [5.74, 6) is 0.379. The van der Waals surface area contributed by atoms with E-state index in [1.54, 1.807) is 23.2 Å². The van der Waals surface area contributed by atoms with E-state index in [0.717, 1.165) is 37.3 Å². The van der Waals surface area contributed by atoms with Gasteiger partial charge in [0, 0.05) is 42.0 Å². The molecule has 0 amide bonds. The molecule has 0 N–H and O–H groups in total. The smallest absolute Gasteiger partial charge is 0.357 e. The first-order chi connectivity index (χ1) is 16.6. The average Bonchev–Trinajstić information content (AvgIpc) is 3.08. The molecule has 0 bridgehead atoms. The summed E-state index contributed by atoms with van der Waals surface area (Å²) in [5, 5.41) is 0. The summed E-state index contributed by atoms with van der Waals surface area (Å²) in [6.07, 6.45) is 5.66. The van der Waals surface area contributed by atoms with E-state index in [-0.39, 0.29) is 16.7 Å². The molecule has 35 heavy (non-hydrogen) atoms. The highest BCUT2D eigenvalue weighted by Crippen LogP contribution is 2.40. The summed E-state index contributed by atoms with van der Waals surface area (Å²) < 4.78 is 38.2. The SMILES string of the molecule is CC1(C)C(C(=O)C=O)N(c2ccc(SC(F)(F)F)cc2)CN1Cc1ccnc(N2CCCCC2)c1. The van der Waals surface area contributed by atoms with Crippen LogP contribution in [0.25, 0.3) is 0 Å². The van der Waals surface area contributed by atoms with Crippen LogP contribution in [0.5, 0.6) is 0 Å². The van der Waals surface area contributed by atoms with E-state index >= 15 is 0 Å². The van der Waals surface area contributed by atoms with Gasteiger partial charge in [-0.2, -0.15) is 13.2 Å². The number of anilines is 2. The van der Waals surface area contributed by atoms with Crippen molar-refractivity contribution >= 4 is 35.3 Å². The van der Waals surface area contributed by atoms with Gasteiger partial charge in [0.1, 0.15) is 11.9 Å². The van der Waals surface area contributed by atoms with Crippen molar-refractivity contribution in [3.05, 3.63) is 48.2 Å². The standard InChI is InChI=1S/C25H29F3N4O2S/c1-24(2)23(21(34)16-33)32(19-6-8-20(9-7-19)35-25(26,27)28)17-31(24)15-18-10-11-29-22(14-18)30-12-4-3-5-13-30/h6-11,14,16,23H,3-5,12-13,15,17H2,1-2H3. The lowest BCUT2D eigenvalue weighted by Crippen LogP contribution is -2.51. The normalized spacial score (nSPS) is 20.8. The molecule has 0 radical (unpaired) electrons. The zero-order valence-electron chi connectivity index (χ0n) is 19.8. The maximum atomic E-state index is 12.7. The van der Waals surface area contributed by atoms with Crippen LogP contribution in [0.2, 0.25) is 0 Å². The van der Waals surface area contributed by atoms with E-state index < -0.39 is 22.9 Å². The van der Waals surface area contributed by atoms with Crippen LogP contribution >= 0.6 is 11.8 Å². The number of rotatable bonds is 7. The number of ketones is 1. The Kier molecular flexibility index (Phi) is 7.42. The van der Waals surface area contributed by atoms with Crippen LogP contribution in [0.1, 0.15) is 38.7 Å². The summed E-state index contributed by atoms with van der Waals surface area (Å²) in [7, 11) is 0. The second-order valence-corrected chi connectivity index (χ2v) is 10.6. The zero-order valence-corrected chi connectivity index (χ0v) is 20.6. The molecule has 3 heterocycles. The Balaban J connectivity index is 1.57. The number of alkyl halides is 3. The molecule has 2 saturated heterocycles. The molecular weight excluding hydrogens is 477 g/mol. The molecule has 0 spiro atoms. The van der Waals surface area contributed by atoms with Crippen molar-refractivity contribution in [1.29, 1.82) is 0 Å². The minimum atomic E-state index is -4.37. The van der Waals surface area contributed by atoms with E-state index in [9.17, 15) is 22.8 Å². The minimum absolute atomic E-state index is 0.0665. The number of carbonyl (C=O) groups is 2. The number of hydrogen-bond acceptors (Lipinski definition) is 7. The molecule has 1 aromatic carbocycles. The molecular formula is C25H29F3N4O2S. The number of carbonyl (C=O) groups excluding carboxylic acids is 2. The van der Waals surface area contributed by atoms with E-state index in [1.165, 1.54) is 18.6 Å². The molecule has 1 atom stereocenters. The van der Waals surface area contributed by atoms with E-state index in [1.807, 2.05) is 19.9 Å². The second-order valence-electron chi connectivity index (χ2n) is 9.50. The minimum Gasteiger partial charge on any atom is -0.357 e. The van der Waals surface area contributed by atoms with Gasteiger partial charge in [-0.3, -0.25) is 14.5 Å². The maximum absolute atomic E-state index is 12.7. The number of hydrogen-bond donors (Lipinski definition) is 0. The number of thioether (sulfide) groups is 1. The second kappa shape index (κ2) is 10.2. The molecule has 4 rings (SSSR count). The van der Waals surface area contributed by atoms with Gasteiger partial charge in [-0.05, 0) is 86.8 Å². The van der Waals surface area contributed by atoms with Gasteiger partial charge >= 0.3 is 5.51 Å². The molecule has 0 aliphatic carbocycles. The largest absolute Gasteiger partial charge is 0.446 e. The van der Waals surface area contributed by atoms with Crippen molar-refractivity contribution in [2.24, 2.45) is 0 Å². The number of nitrogens with zero attached hydrogens (tertiary/aromatic N) is 4. The summed E-state index contributed by atoms with van der Waals surface area (Å²) in [5.41, 5.74) is -3.42. The number of Topliss-reactive ketones (excluding diaryl/α,β-unsaturated/α-hetero) is 1. The van der Waals surface area contributed by atoms with Crippen LogP contribution in [-0.2, 0) is 16.1 Å². The Morgan fingerprint density at radius 2 is 1.83 bits per heavy atom. The number of piperidine rings is 1. The van der Waals surface area contributed by atoms with Gasteiger partial charge in [-0.15, -0.1) is 0 Å². The molecule has 2 aliphatic heterocycles. The van der Waals surface area contributed by atoms with Gasteiger partial charge in [0.05, 0.1) is 6.67 Å². The van der Waals surface area contributed by atoms with Gasteiger partial charge in [0.15, 0.2) is 6.29 Å². The van der Waals surface area contributed by atoms with E-state index in [0.29, 0.717) is 25.2 Å². The molecule has 2 aliphatic rings. The predicted octanol–water partition coefficient (Wildman–Crippen LogP) is 4.88. The Labute approximate surface area is 207 Å². The Morgan fingerprint density at radius 1 is 1.14 bits per heavy atom. The molecule has 10 heteroatoms. The first kappa shape index (κ1) is 25.5. The van der Waals surface area contributed by atoms with Crippen LogP contribution in [0, 0.1) is 0 Å². The monoisotopic (exact) mass is 506 g/mol. The topological polar surface area (TPSA) is 56.8 Å². The van der Waals surface area contributed by atoms with E-state index in [4.69, 9.17) is 0 Å². The van der Waals surface area contributed by atoms with Crippen LogP contribution in [0.15, 0.2) is 47.5 Å². The predicted molar refractivity (Wildman–Crippen MR) is 130 cm³/mol. The van der Waals surface area contributed by atoms with E-state index in [2.05, 4.69) is 20.9 Å². The van der Waals surface area contributed by atoms with Gasteiger partial charge in [0.25, 0.3) is 0 Å². The number of halogens is 3. The number of aromatic nitrogens is 1. The van der Waals surface area contributed by atoms with Crippen LogP contribution in [0.4, 0.5) is 24.7 Å². The third-order valence-corrected chi connectivity index (χ3v) is 7.51. The Bertz CT molecular complexity index is 1060. The quantitative estimate of drug-likeness (QED) is 0.301. The fourth-order valence-corrected chi connectivity index (χ4v) is 5.51. The van der Waals surface area contributed by atoms with Gasteiger partial charge in [-0.25, -0.2) is 4.98 Å². The summed E-state index contributed by atoms with van der Waals surface area (Å²) in [4.78, 5) is 35.0. The van der Waals surface area contributed by atoms with Crippen LogP contribution in [-0.4, -0.2) is 58.8 Å². The van der Waals surface area contributed by atoms with Crippen molar-refractivity contribution < 1.29 is 22.8 Å². The third kappa shape index (κ3) is 5.81. The lowest BCUT2D eigenvalue weighted by atomic mass is 9.90. The van der Waals surface area contributed by atoms with Crippen LogP contribution < -0.4 is 9.80 Å². The number of benzene rings is 1. The number of aldehydes is 1. The zero-order chi connectivity index (χ0) is 25.2. The highest BCUT2D eigenvalue weighted by molar-refractivity contribution is 8.00. The fraction of sp³-hybridized carbons (Fsp3) is 0.480. The first-order valence-electron chi connectivity index (χ1n) is 11.6. The molecule has 1 unspecified atom stereocenters. The van der Waals surface area contributed by atoms with Crippen molar-refractivity contribution in [3.8, 4) is 0 Å². The van der Waals surface area contributed by atoms with Gasteiger partial charge < -0.3 is 9.80 Å². The Morgan fingerprint density at radius 3 is 2.46 bits per heavy atom. The fourth-order valence-electron chi connectivity index (χ4n) is 4.97.